The van der Waals surface area contributed by atoms with Gasteiger partial charge >= 0.3 is 12.1 Å². The molecule has 1 heterocycles. The third-order valence-electron chi connectivity index (χ3n) is 2.80. The van der Waals surface area contributed by atoms with Crippen LogP contribution in [0.2, 0.25) is 5.02 Å². The van der Waals surface area contributed by atoms with Crippen LogP contribution in [0.3, 0.4) is 0 Å². The van der Waals surface area contributed by atoms with Crippen LogP contribution in [-0.2, 0) is 15.8 Å². The van der Waals surface area contributed by atoms with E-state index in [4.69, 9.17) is 16.7 Å². The van der Waals surface area contributed by atoms with E-state index in [1.54, 1.807) is 0 Å². The Kier molecular flexibility index (Phi) is 5.81. The Morgan fingerprint density at radius 3 is 2.43 bits per heavy atom. The number of carbonyl (C=O) groups excluding carboxylic acids is 1. The summed E-state index contributed by atoms with van der Waals surface area (Å²) in [5.74, 6) is -1.72. The number of nitrogens with one attached hydrogen (secondary N) is 2. The van der Waals surface area contributed by atoms with Crippen LogP contribution >= 0.6 is 11.6 Å². The maximum Gasteiger partial charge on any atom is 0.417 e. The Morgan fingerprint density at radius 1 is 1.35 bits per heavy atom. The van der Waals surface area contributed by atoms with E-state index in [9.17, 15) is 22.8 Å². The van der Waals surface area contributed by atoms with E-state index in [2.05, 4.69) is 15.6 Å². The maximum atomic E-state index is 12.5. The van der Waals surface area contributed by atoms with Gasteiger partial charge in [0.1, 0.15) is 11.4 Å². The van der Waals surface area contributed by atoms with Gasteiger partial charge in [-0.25, -0.2) is 9.78 Å². The van der Waals surface area contributed by atoms with Crippen LogP contribution in [-0.4, -0.2) is 34.1 Å². The molecule has 0 radical (unpaired) electrons. The number of amides is 1. The molecule has 6 nitrogen and oxygen atoms in total. The number of rotatable bonds is 6. The lowest BCUT2D eigenvalue weighted by Crippen LogP contribution is -2.49. The molecule has 0 aromatic carbocycles. The molecule has 1 rings (SSSR count). The normalized spacial score (nSPS) is 11.9. The molecule has 0 saturated carbocycles. The second kappa shape index (κ2) is 7.03. The van der Waals surface area contributed by atoms with Crippen LogP contribution in [0.25, 0.3) is 0 Å². The fraction of sp³-hybridized carbons (Fsp3) is 0.462. The summed E-state index contributed by atoms with van der Waals surface area (Å²) in [6, 6.07) is 0.727. The molecule has 1 aromatic heterocycles. The highest BCUT2D eigenvalue weighted by Crippen LogP contribution is 2.32. The van der Waals surface area contributed by atoms with Gasteiger partial charge in [-0.05, 0) is 19.9 Å². The largest absolute Gasteiger partial charge is 0.480 e. The zero-order chi connectivity index (χ0) is 17.8. The number of alkyl halides is 3. The first-order valence-corrected chi connectivity index (χ1v) is 6.82. The molecule has 10 heteroatoms. The number of carboxylic acids is 1. The number of anilines is 1. The number of hydrogen-bond acceptors (Lipinski definition) is 4. The van der Waals surface area contributed by atoms with Crippen molar-refractivity contribution in [3.63, 3.8) is 0 Å². The van der Waals surface area contributed by atoms with Gasteiger partial charge in [-0.1, -0.05) is 11.6 Å². The molecule has 0 unspecified atom stereocenters. The number of nitrogens with zero attached hydrogens (tertiary/aromatic N) is 1. The van der Waals surface area contributed by atoms with Crippen molar-refractivity contribution < 1.29 is 27.9 Å². The minimum absolute atomic E-state index is 0.00459. The number of aromatic nitrogens is 1. The Morgan fingerprint density at radius 2 is 1.96 bits per heavy atom. The average molecular weight is 354 g/mol. The predicted octanol–water partition coefficient (Wildman–Crippen LogP) is 2.54. The highest BCUT2D eigenvalue weighted by molar-refractivity contribution is 6.32. The van der Waals surface area contributed by atoms with Crippen molar-refractivity contribution in [3.8, 4) is 0 Å². The number of pyridine rings is 1. The summed E-state index contributed by atoms with van der Waals surface area (Å²) < 4.78 is 37.4. The molecule has 0 aliphatic heterocycles. The molecule has 0 atom stereocenters. The summed E-state index contributed by atoms with van der Waals surface area (Å²) in [6.45, 7) is 2.68. The summed E-state index contributed by atoms with van der Waals surface area (Å²) >= 11 is 5.70. The van der Waals surface area contributed by atoms with E-state index >= 15 is 0 Å². The standard InChI is InChI=1S/C13H15ClF3N3O3/c1-12(2,11(22)23)20-9(21)3-4-18-10-8(14)5-7(6-19-10)13(15,16)17/h5-6H,3-4H2,1-2H3,(H,18,19)(H,20,21)(H,22,23). The van der Waals surface area contributed by atoms with Crippen molar-refractivity contribution >= 4 is 29.3 Å². The molecule has 23 heavy (non-hydrogen) atoms. The third-order valence-corrected chi connectivity index (χ3v) is 3.09. The van der Waals surface area contributed by atoms with Crippen LogP contribution in [0, 0.1) is 0 Å². The van der Waals surface area contributed by atoms with Crippen molar-refractivity contribution in [1.29, 1.82) is 0 Å². The number of aliphatic carboxylic acids is 1. The Hall–Kier alpha value is -2.03. The zero-order valence-electron chi connectivity index (χ0n) is 12.3. The van der Waals surface area contributed by atoms with Gasteiger partial charge in [-0.3, -0.25) is 4.79 Å². The van der Waals surface area contributed by atoms with E-state index < -0.39 is 29.2 Å². The Labute approximate surface area is 135 Å². The SMILES string of the molecule is CC(C)(NC(=O)CCNc1ncc(C(F)(F)F)cc1Cl)C(=O)O. The summed E-state index contributed by atoms with van der Waals surface area (Å²) in [7, 11) is 0. The first-order chi connectivity index (χ1) is 10.4. The van der Waals surface area contributed by atoms with E-state index in [0.717, 1.165) is 6.07 Å². The number of hydrogen-bond donors (Lipinski definition) is 3. The molecule has 0 fully saturated rings. The topological polar surface area (TPSA) is 91.3 Å². The summed E-state index contributed by atoms with van der Waals surface area (Å²) in [5.41, 5.74) is -2.39. The van der Waals surface area contributed by atoms with Crippen molar-refractivity contribution in [2.24, 2.45) is 0 Å². The van der Waals surface area contributed by atoms with Gasteiger partial charge in [0.15, 0.2) is 0 Å². The minimum Gasteiger partial charge on any atom is -0.480 e. The summed E-state index contributed by atoms with van der Waals surface area (Å²) in [5, 5.41) is 13.6. The lowest BCUT2D eigenvalue weighted by Gasteiger charge is -2.21. The lowest BCUT2D eigenvalue weighted by molar-refractivity contribution is -0.146. The second-order valence-corrected chi connectivity index (χ2v) is 5.61. The van der Waals surface area contributed by atoms with E-state index in [1.165, 1.54) is 13.8 Å². The predicted molar refractivity (Wildman–Crippen MR) is 77.2 cm³/mol. The molecule has 0 aliphatic carbocycles. The van der Waals surface area contributed by atoms with Gasteiger partial charge in [0.05, 0.1) is 10.6 Å². The highest BCUT2D eigenvalue weighted by atomic mass is 35.5. The fourth-order valence-corrected chi connectivity index (χ4v) is 1.72. The Balaban J connectivity index is 2.57. The minimum atomic E-state index is -4.54. The molecular weight excluding hydrogens is 339 g/mol. The molecule has 0 spiro atoms. The summed E-state index contributed by atoms with van der Waals surface area (Å²) in [4.78, 5) is 26.0. The number of carboxylic acid groups (broad SMARTS) is 1. The first kappa shape index (κ1) is 19.0. The monoisotopic (exact) mass is 353 g/mol. The fourth-order valence-electron chi connectivity index (χ4n) is 1.48. The molecule has 0 aliphatic rings. The lowest BCUT2D eigenvalue weighted by atomic mass is 10.1. The third kappa shape index (κ3) is 5.59. The first-order valence-electron chi connectivity index (χ1n) is 6.44. The molecule has 0 bridgehead atoms. The van der Waals surface area contributed by atoms with Crippen molar-refractivity contribution in [1.82, 2.24) is 10.3 Å². The van der Waals surface area contributed by atoms with E-state index in [0.29, 0.717) is 6.20 Å². The second-order valence-electron chi connectivity index (χ2n) is 5.21. The van der Waals surface area contributed by atoms with E-state index in [-0.39, 0.29) is 23.8 Å². The van der Waals surface area contributed by atoms with Crippen LogP contribution in [0.1, 0.15) is 25.8 Å². The van der Waals surface area contributed by atoms with Gasteiger partial charge in [0.2, 0.25) is 5.91 Å². The van der Waals surface area contributed by atoms with Gasteiger partial charge in [-0.2, -0.15) is 13.2 Å². The van der Waals surface area contributed by atoms with Crippen LogP contribution < -0.4 is 10.6 Å². The smallest absolute Gasteiger partial charge is 0.417 e. The van der Waals surface area contributed by atoms with Gasteiger partial charge in [0.25, 0.3) is 0 Å². The van der Waals surface area contributed by atoms with E-state index in [1.807, 2.05) is 0 Å². The highest BCUT2D eigenvalue weighted by Gasteiger charge is 2.31. The number of carbonyl (C=O) groups is 2. The Bertz CT molecular complexity index is 606. The van der Waals surface area contributed by atoms with Crippen molar-refractivity contribution in [3.05, 3.63) is 22.8 Å². The van der Waals surface area contributed by atoms with Gasteiger partial charge < -0.3 is 15.7 Å². The number of halogens is 4. The van der Waals surface area contributed by atoms with Crippen LogP contribution in [0.5, 0.6) is 0 Å². The van der Waals surface area contributed by atoms with Crippen molar-refractivity contribution in [2.75, 3.05) is 11.9 Å². The molecule has 1 aromatic rings. The van der Waals surface area contributed by atoms with Crippen LogP contribution in [0.4, 0.5) is 19.0 Å². The molecule has 1 amide bonds. The average Bonchev–Trinajstić information content (AvgIpc) is 2.38. The zero-order valence-corrected chi connectivity index (χ0v) is 13.0. The maximum absolute atomic E-state index is 12.5. The quantitative estimate of drug-likeness (QED) is 0.731. The van der Waals surface area contributed by atoms with Gasteiger partial charge in [-0.15, -0.1) is 0 Å². The molecule has 0 saturated heterocycles. The van der Waals surface area contributed by atoms with Gasteiger partial charge in [0, 0.05) is 19.2 Å². The van der Waals surface area contributed by atoms with Crippen LogP contribution in [0.15, 0.2) is 12.3 Å². The van der Waals surface area contributed by atoms with Crippen molar-refractivity contribution in [2.45, 2.75) is 32.0 Å². The molecule has 128 valence electrons. The molecule has 3 N–H and O–H groups in total. The molecular formula is C13H15ClF3N3O3. The summed E-state index contributed by atoms with van der Waals surface area (Å²) in [6.07, 6.45) is -4.02.